The number of carbonyl (C=O) groups is 1. The average Bonchev–Trinajstić information content (AvgIpc) is 2.21. The number of hydrogen-bond acceptors (Lipinski definition) is 1. The van der Waals surface area contributed by atoms with Crippen molar-refractivity contribution < 1.29 is 4.79 Å². The van der Waals surface area contributed by atoms with E-state index in [0.717, 1.165) is 20.9 Å². The summed E-state index contributed by atoms with van der Waals surface area (Å²) >= 11 is 6.71. The third-order valence-electron chi connectivity index (χ3n) is 2.12. The molecule has 1 aromatic rings. The van der Waals surface area contributed by atoms with Gasteiger partial charge in [-0.15, -0.1) is 0 Å². The summed E-state index contributed by atoms with van der Waals surface area (Å²) in [7, 11) is 1.80. The van der Waals surface area contributed by atoms with Crippen LogP contribution >= 0.6 is 31.9 Å². The molecule has 4 heteroatoms. The van der Waals surface area contributed by atoms with Crippen LogP contribution in [0.1, 0.15) is 15.9 Å². The zero-order chi connectivity index (χ0) is 11.4. The van der Waals surface area contributed by atoms with Crippen LogP contribution in [0.15, 0.2) is 22.7 Å². The molecule has 0 heterocycles. The molecule has 15 heavy (non-hydrogen) atoms. The van der Waals surface area contributed by atoms with Gasteiger partial charge >= 0.3 is 0 Å². The standard InChI is InChI=1S/C11H13Br2NO/c1-8-3-4-10(13)9(7-8)11(15)14(2)6-5-12/h3-4,7H,5-6H2,1-2H3. The van der Waals surface area contributed by atoms with Gasteiger partial charge in [-0.3, -0.25) is 4.79 Å². The smallest absolute Gasteiger partial charge is 0.254 e. The molecule has 0 radical (unpaired) electrons. The Morgan fingerprint density at radius 2 is 2.13 bits per heavy atom. The SMILES string of the molecule is Cc1ccc(Br)c(C(=O)N(C)CCBr)c1. The van der Waals surface area contributed by atoms with Crippen molar-refractivity contribution in [3.8, 4) is 0 Å². The third-order valence-corrected chi connectivity index (χ3v) is 3.17. The number of halogens is 2. The molecule has 82 valence electrons. The van der Waals surface area contributed by atoms with Crippen LogP contribution in [-0.2, 0) is 0 Å². The van der Waals surface area contributed by atoms with Crippen molar-refractivity contribution in [1.82, 2.24) is 4.90 Å². The minimum atomic E-state index is 0.0463. The number of alkyl halides is 1. The lowest BCUT2D eigenvalue weighted by molar-refractivity contribution is 0.0803. The highest BCUT2D eigenvalue weighted by Crippen LogP contribution is 2.19. The molecule has 0 saturated carbocycles. The van der Waals surface area contributed by atoms with Gasteiger partial charge in [0, 0.05) is 23.4 Å². The minimum absolute atomic E-state index is 0.0463. The summed E-state index contributed by atoms with van der Waals surface area (Å²) in [5, 5.41) is 0.790. The summed E-state index contributed by atoms with van der Waals surface area (Å²) < 4.78 is 0.847. The highest BCUT2D eigenvalue weighted by atomic mass is 79.9. The molecule has 0 bridgehead atoms. The van der Waals surface area contributed by atoms with Gasteiger partial charge in [-0.2, -0.15) is 0 Å². The van der Waals surface area contributed by atoms with E-state index in [2.05, 4.69) is 31.9 Å². The second-order valence-electron chi connectivity index (χ2n) is 3.40. The maximum atomic E-state index is 12.0. The predicted molar refractivity (Wildman–Crippen MR) is 69.6 cm³/mol. The van der Waals surface area contributed by atoms with Gasteiger partial charge in [0.25, 0.3) is 5.91 Å². The van der Waals surface area contributed by atoms with E-state index in [9.17, 15) is 4.79 Å². The molecule has 1 amide bonds. The zero-order valence-electron chi connectivity index (χ0n) is 8.76. The summed E-state index contributed by atoms with van der Waals surface area (Å²) in [5.41, 5.74) is 1.81. The first-order chi connectivity index (χ1) is 7.06. The molecule has 0 atom stereocenters. The Morgan fingerprint density at radius 1 is 1.47 bits per heavy atom. The second kappa shape index (κ2) is 5.66. The van der Waals surface area contributed by atoms with E-state index in [1.165, 1.54) is 0 Å². The molecule has 0 saturated heterocycles. The lowest BCUT2D eigenvalue weighted by Gasteiger charge is -2.16. The zero-order valence-corrected chi connectivity index (χ0v) is 11.9. The summed E-state index contributed by atoms with van der Waals surface area (Å²) in [6.45, 7) is 2.69. The molecular formula is C11H13Br2NO. The molecule has 0 aliphatic rings. The van der Waals surface area contributed by atoms with E-state index in [0.29, 0.717) is 6.54 Å². The molecule has 0 fully saturated rings. The van der Waals surface area contributed by atoms with Crippen molar-refractivity contribution in [2.24, 2.45) is 0 Å². The van der Waals surface area contributed by atoms with Crippen LogP contribution in [-0.4, -0.2) is 29.7 Å². The van der Waals surface area contributed by atoms with Gasteiger partial charge in [0.15, 0.2) is 0 Å². The number of nitrogens with zero attached hydrogens (tertiary/aromatic N) is 1. The molecule has 1 rings (SSSR count). The van der Waals surface area contributed by atoms with E-state index < -0.39 is 0 Å². The lowest BCUT2D eigenvalue weighted by atomic mass is 10.1. The van der Waals surface area contributed by atoms with Crippen molar-refractivity contribution in [2.75, 3.05) is 18.9 Å². The van der Waals surface area contributed by atoms with Crippen LogP contribution in [0, 0.1) is 6.92 Å². The summed E-state index contributed by atoms with van der Waals surface area (Å²) in [6.07, 6.45) is 0. The van der Waals surface area contributed by atoms with Crippen molar-refractivity contribution in [3.63, 3.8) is 0 Å². The maximum Gasteiger partial charge on any atom is 0.254 e. The van der Waals surface area contributed by atoms with Crippen LogP contribution in [0.5, 0.6) is 0 Å². The number of amides is 1. The topological polar surface area (TPSA) is 20.3 Å². The summed E-state index contributed by atoms with van der Waals surface area (Å²) in [5.74, 6) is 0.0463. The van der Waals surface area contributed by atoms with Crippen molar-refractivity contribution in [1.29, 1.82) is 0 Å². The fraction of sp³-hybridized carbons (Fsp3) is 0.364. The van der Waals surface area contributed by atoms with Crippen LogP contribution in [0.2, 0.25) is 0 Å². The number of hydrogen-bond donors (Lipinski definition) is 0. The minimum Gasteiger partial charge on any atom is -0.341 e. The Kier molecular flexibility index (Phi) is 4.80. The lowest BCUT2D eigenvalue weighted by Crippen LogP contribution is -2.28. The van der Waals surface area contributed by atoms with Gasteiger partial charge in [0.2, 0.25) is 0 Å². The Bertz CT molecular complexity index is 366. The van der Waals surface area contributed by atoms with Crippen molar-refractivity contribution in [2.45, 2.75) is 6.92 Å². The number of carbonyl (C=O) groups excluding carboxylic acids is 1. The molecule has 0 spiro atoms. The van der Waals surface area contributed by atoms with Gasteiger partial charge in [0.1, 0.15) is 0 Å². The first kappa shape index (κ1) is 12.7. The van der Waals surface area contributed by atoms with Crippen molar-refractivity contribution in [3.05, 3.63) is 33.8 Å². The molecule has 0 aromatic heterocycles. The maximum absolute atomic E-state index is 12.0. The van der Waals surface area contributed by atoms with Crippen LogP contribution in [0.4, 0.5) is 0 Å². The van der Waals surface area contributed by atoms with E-state index in [1.54, 1.807) is 11.9 Å². The van der Waals surface area contributed by atoms with Crippen LogP contribution in [0.25, 0.3) is 0 Å². The van der Waals surface area contributed by atoms with E-state index in [1.807, 2.05) is 25.1 Å². The highest BCUT2D eigenvalue weighted by Gasteiger charge is 2.14. The summed E-state index contributed by atoms with van der Waals surface area (Å²) in [4.78, 5) is 13.7. The Morgan fingerprint density at radius 3 is 2.73 bits per heavy atom. The molecule has 0 N–H and O–H groups in total. The van der Waals surface area contributed by atoms with Gasteiger partial charge in [0.05, 0.1) is 5.56 Å². The molecule has 1 aromatic carbocycles. The number of rotatable bonds is 3. The van der Waals surface area contributed by atoms with Gasteiger partial charge in [-0.1, -0.05) is 27.6 Å². The van der Waals surface area contributed by atoms with Crippen molar-refractivity contribution >= 4 is 37.8 Å². The first-order valence-electron chi connectivity index (χ1n) is 4.64. The fourth-order valence-electron chi connectivity index (χ4n) is 1.24. The Hall–Kier alpha value is -0.350. The normalized spacial score (nSPS) is 10.1. The van der Waals surface area contributed by atoms with E-state index in [-0.39, 0.29) is 5.91 Å². The molecular weight excluding hydrogens is 322 g/mol. The Labute approximate surface area is 107 Å². The molecule has 0 unspecified atom stereocenters. The van der Waals surface area contributed by atoms with Gasteiger partial charge in [-0.05, 0) is 35.0 Å². The Balaban J connectivity index is 2.95. The number of aryl methyl sites for hydroxylation is 1. The average molecular weight is 335 g/mol. The first-order valence-corrected chi connectivity index (χ1v) is 6.55. The highest BCUT2D eigenvalue weighted by molar-refractivity contribution is 9.10. The number of benzene rings is 1. The van der Waals surface area contributed by atoms with Gasteiger partial charge in [-0.25, -0.2) is 0 Å². The monoisotopic (exact) mass is 333 g/mol. The second-order valence-corrected chi connectivity index (χ2v) is 5.05. The molecule has 0 aliphatic heterocycles. The third kappa shape index (κ3) is 3.31. The van der Waals surface area contributed by atoms with E-state index in [4.69, 9.17) is 0 Å². The van der Waals surface area contributed by atoms with Crippen LogP contribution < -0.4 is 0 Å². The molecule has 0 aliphatic carbocycles. The quantitative estimate of drug-likeness (QED) is 0.777. The van der Waals surface area contributed by atoms with E-state index >= 15 is 0 Å². The van der Waals surface area contributed by atoms with Gasteiger partial charge < -0.3 is 4.90 Å². The van der Waals surface area contributed by atoms with Crippen LogP contribution in [0.3, 0.4) is 0 Å². The predicted octanol–water partition coefficient (Wildman–Crippen LogP) is 3.22. The summed E-state index contributed by atoms with van der Waals surface area (Å²) in [6, 6.07) is 5.78. The fourth-order valence-corrected chi connectivity index (χ4v) is 2.19. The molecule has 2 nitrogen and oxygen atoms in total. The largest absolute Gasteiger partial charge is 0.341 e.